The van der Waals surface area contributed by atoms with E-state index in [1.54, 1.807) is 6.08 Å². The largest absolute Gasteiger partial charge is 0.466 e. The molecule has 0 spiro atoms. The third-order valence-corrected chi connectivity index (χ3v) is 6.93. The van der Waals surface area contributed by atoms with Gasteiger partial charge in [0.25, 0.3) is 0 Å². The van der Waals surface area contributed by atoms with Crippen LogP contribution in [0.15, 0.2) is 103 Å². The van der Waals surface area contributed by atoms with Gasteiger partial charge in [0.1, 0.15) is 6.10 Å². The highest BCUT2D eigenvalue weighted by Gasteiger charge is 2.43. The Bertz CT molecular complexity index is 1230. The van der Waals surface area contributed by atoms with Crippen molar-refractivity contribution >= 4 is 11.8 Å². The number of hydrogen-bond donors (Lipinski definition) is 2. The summed E-state index contributed by atoms with van der Waals surface area (Å²) >= 11 is 0. The van der Waals surface area contributed by atoms with Crippen molar-refractivity contribution in [2.75, 3.05) is 7.11 Å². The molecule has 0 bridgehead atoms. The third-order valence-electron chi connectivity index (χ3n) is 6.93. The van der Waals surface area contributed by atoms with Crippen LogP contribution in [-0.2, 0) is 43.4 Å². The Hall–Kier alpha value is -3.62. The molecule has 0 saturated heterocycles. The second-order valence-corrected chi connectivity index (χ2v) is 9.72. The molecule has 39 heavy (non-hydrogen) atoms. The van der Waals surface area contributed by atoms with Gasteiger partial charge in [0.05, 0.1) is 32.5 Å². The number of ketones is 1. The number of Topliss-reactive ketones (excluding diaryl/α,β-unsaturated/α-hetero) is 1. The Morgan fingerprint density at radius 1 is 0.846 bits per heavy atom. The lowest BCUT2D eigenvalue weighted by Crippen LogP contribution is -2.54. The molecule has 0 amide bonds. The van der Waals surface area contributed by atoms with Gasteiger partial charge in [-0.1, -0.05) is 97.1 Å². The summed E-state index contributed by atoms with van der Waals surface area (Å²) in [5.74, 6) is -1.42. The van der Waals surface area contributed by atoms with Crippen LogP contribution in [-0.4, -0.2) is 48.3 Å². The quantitative estimate of drug-likeness (QED) is 0.344. The fourth-order valence-corrected chi connectivity index (χ4v) is 4.82. The Kier molecular flexibility index (Phi) is 10.2. The maximum Gasteiger partial charge on any atom is 0.333 e. The summed E-state index contributed by atoms with van der Waals surface area (Å²) < 4.78 is 17.7. The van der Waals surface area contributed by atoms with Gasteiger partial charge in [0.15, 0.2) is 5.78 Å². The highest BCUT2D eigenvalue weighted by Crippen LogP contribution is 2.31. The molecule has 4 rings (SSSR count). The summed E-state index contributed by atoms with van der Waals surface area (Å²) in [6, 6.07) is 27.8. The van der Waals surface area contributed by atoms with Gasteiger partial charge in [0, 0.05) is 30.4 Å². The molecular weight excluding hydrogens is 494 g/mol. The molecule has 0 saturated carbocycles. The molecule has 7 heteroatoms. The van der Waals surface area contributed by atoms with Crippen LogP contribution in [0.2, 0.25) is 0 Å². The van der Waals surface area contributed by atoms with E-state index in [-0.39, 0.29) is 31.8 Å². The van der Waals surface area contributed by atoms with Crippen molar-refractivity contribution < 1.29 is 28.9 Å². The van der Waals surface area contributed by atoms with Crippen LogP contribution in [0.25, 0.3) is 0 Å². The molecule has 3 N–H and O–H groups in total. The van der Waals surface area contributed by atoms with E-state index in [0.29, 0.717) is 5.57 Å². The van der Waals surface area contributed by atoms with Crippen molar-refractivity contribution in [3.8, 4) is 0 Å². The molecule has 3 aromatic carbocycles. The van der Waals surface area contributed by atoms with Crippen molar-refractivity contribution in [3.63, 3.8) is 0 Å². The zero-order valence-electron chi connectivity index (χ0n) is 22.0. The molecule has 0 radical (unpaired) electrons. The molecule has 1 aliphatic rings. The van der Waals surface area contributed by atoms with Crippen molar-refractivity contribution in [2.45, 2.75) is 50.4 Å². The van der Waals surface area contributed by atoms with Crippen molar-refractivity contribution in [1.82, 2.24) is 0 Å². The fourth-order valence-electron chi connectivity index (χ4n) is 4.82. The molecule has 0 fully saturated rings. The number of rotatable bonds is 12. The number of ether oxygens (including phenoxy) is 3. The maximum absolute atomic E-state index is 13.9. The van der Waals surface area contributed by atoms with E-state index in [1.165, 1.54) is 7.11 Å². The predicted octanol–water partition coefficient (Wildman–Crippen LogP) is 3.78. The lowest BCUT2D eigenvalue weighted by Gasteiger charge is -2.39. The highest BCUT2D eigenvalue weighted by atomic mass is 16.5. The number of aliphatic hydroxyl groups is 1. The molecule has 5 atom stereocenters. The van der Waals surface area contributed by atoms with Gasteiger partial charge >= 0.3 is 5.97 Å². The molecule has 7 nitrogen and oxygen atoms in total. The average Bonchev–Trinajstić information content (AvgIpc) is 2.97. The van der Waals surface area contributed by atoms with Crippen molar-refractivity contribution in [2.24, 2.45) is 11.7 Å². The van der Waals surface area contributed by atoms with Crippen LogP contribution in [0, 0.1) is 5.92 Å². The lowest BCUT2D eigenvalue weighted by atomic mass is 9.78. The Morgan fingerprint density at radius 3 is 1.90 bits per heavy atom. The molecule has 1 aliphatic carbocycles. The Morgan fingerprint density at radius 2 is 1.36 bits per heavy atom. The summed E-state index contributed by atoms with van der Waals surface area (Å²) in [4.78, 5) is 26.3. The van der Waals surface area contributed by atoms with Gasteiger partial charge in [-0.15, -0.1) is 0 Å². The van der Waals surface area contributed by atoms with Gasteiger partial charge in [0.2, 0.25) is 0 Å². The first-order valence-corrected chi connectivity index (χ1v) is 13.1. The van der Waals surface area contributed by atoms with Crippen molar-refractivity contribution in [1.29, 1.82) is 0 Å². The first-order chi connectivity index (χ1) is 19.0. The molecular formula is C32H35NO6. The van der Waals surface area contributed by atoms with Crippen LogP contribution in [0.1, 0.15) is 23.1 Å². The van der Waals surface area contributed by atoms with Crippen LogP contribution in [0.3, 0.4) is 0 Å². The number of carbonyl (C=O) groups excluding carboxylic acids is 2. The molecule has 0 aromatic heterocycles. The van der Waals surface area contributed by atoms with Crippen LogP contribution < -0.4 is 5.73 Å². The average molecular weight is 530 g/mol. The summed E-state index contributed by atoms with van der Waals surface area (Å²) in [7, 11) is 1.29. The number of methoxy groups -OCH3 is 1. The SMILES string of the molecule is COC(=O)C1=CC(C(OCc2ccccc2)C(OCc2ccccc2)C(=O)Cc2ccccc2)C(N)C(O)C1. The maximum atomic E-state index is 13.9. The second kappa shape index (κ2) is 14.0. The molecule has 0 aliphatic heterocycles. The van der Waals surface area contributed by atoms with E-state index in [0.717, 1.165) is 16.7 Å². The van der Waals surface area contributed by atoms with E-state index in [9.17, 15) is 14.7 Å². The summed E-state index contributed by atoms with van der Waals surface area (Å²) in [5, 5.41) is 10.8. The van der Waals surface area contributed by atoms with Gasteiger partial charge in [-0.05, 0) is 16.7 Å². The molecule has 0 heterocycles. The number of nitrogens with two attached hydrogens (primary N) is 1. The fraction of sp³-hybridized carbons (Fsp3) is 0.312. The van der Waals surface area contributed by atoms with Crippen LogP contribution in [0.5, 0.6) is 0 Å². The molecule has 204 valence electrons. The lowest BCUT2D eigenvalue weighted by molar-refractivity contribution is -0.151. The molecule has 3 aromatic rings. The Balaban J connectivity index is 1.71. The minimum Gasteiger partial charge on any atom is -0.466 e. The number of benzene rings is 3. The smallest absolute Gasteiger partial charge is 0.333 e. The standard InChI is InChI=1S/C32H35NO6/c1-37-32(36)25-18-26(29(33)27(34)19-25)30(38-20-23-13-7-3-8-14-23)31(39-21-24-15-9-4-10-16-24)28(35)17-22-11-5-2-6-12-22/h2-16,18,26-27,29-31,34H,17,19-21,33H2,1H3. The first-order valence-electron chi connectivity index (χ1n) is 13.1. The van der Waals surface area contributed by atoms with E-state index >= 15 is 0 Å². The van der Waals surface area contributed by atoms with Gasteiger partial charge < -0.3 is 25.1 Å². The third kappa shape index (κ3) is 7.71. The van der Waals surface area contributed by atoms with E-state index in [2.05, 4.69) is 0 Å². The number of aliphatic hydroxyl groups excluding tert-OH is 1. The number of carbonyl (C=O) groups is 2. The number of esters is 1. The van der Waals surface area contributed by atoms with E-state index in [1.807, 2.05) is 91.0 Å². The second-order valence-electron chi connectivity index (χ2n) is 9.72. The highest BCUT2D eigenvalue weighted by molar-refractivity contribution is 5.89. The van der Waals surface area contributed by atoms with E-state index < -0.39 is 36.2 Å². The van der Waals surface area contributed by atoms with Crippen LogP contribution in [0.4, 0.5) is 0 Å². The monoisotopic (exact) mass is 529 g/mol. The first kappa shape index (κ1) is 28.4. The number of hydrogen-bond acceptors (Lipinski definition) is 7. The van der Waals surface area contributed by atoms with E-state index in [4.69, 9.17) is 19.9 Å². The minimum atomic E-state index is -1.02. The van der Waals surface area contributed by atoms with Gasteiger partial charge in [-0.2, -0.15) is 0 Å². The zero-order valence-corrected chi connectivity index (χ0v) is 22.0. The van der Waals surface area contributed by atoms with Crippen LogP contribution >= 0.6 is 0 Å². The zero-order chi connectivity index (χ0) is 27.6. The minimum absolute atomic E-state index is 0.0588. The normalized spacial score (nSPS) is 20.5. The van der Waals surface area contributed by atoms with Gasteiger partial charge in [-0.3, -0.25) is 4.79 Å². The van der Waals surface area contributed by atoms with Gasteiger partial charge in [-0.25, -0.2) is 4.79 Å². The Labute approximate surface area is 229 Å². The molecule has 5 unspecified atom stereocenters. The van der Waals surface area contributed by atoms with Crippen molar-refractivity contribution in [3.05, 3.63) is 119 Å². The summed E-state index contributed by atoms with van der Waals surface area (Å²) in [6.07, 6.45) is -1.06. The predicted molar refractivity (Wildman–Crippen MR) is 147 cm³/mol. The topological polar surface area (TPSA) is 108 Å². The summed E-state index contributed by atoms with van der Waals surface area (Å²) in [5.41, 5.74) is 9.44. The summed E-state index contributed by atoms with van der Waals surface area (Å²) in [6.45, 7) is 0.366.